The summed E-state index contributed by atoms with van der Waals surface area (Å²) >= 11 is 0. The van der Waals surface area contributed by atoms with Crippen LogP contribution in [0.15, 0.2) is 42.9 Å². The second-order valence-electron chi connectivity index (χ2n) is 6.01. The van der Waals surface area contributed by atoms with E-state index < -0.39 is 0 Å². The highest BCUT2D eigenvalue weighted by Crippen LogP contribution is 2.17. The molecule has 0 spiro atoms. The summed E-state index contributed by atoms with van der Waals surface area (Å²) in [5.74, 6) is -0.0575. The quantitative estimate of drug-likeness (QED) is 0.913. The molecule has 5 heteroatoms. The van der Waals surface area contributed by atoms with Gasteiger partial charge in [-0.05, 0) is 24.1 Å². The number of para-hydroxylation sites is 1. The number of hydrogen-bond acceptors (Lipinski definition) is 3. The van der Waals surface area contributed by atoms with E-state index in [0.29, 0.717) is 18.8 Å². The van der Waals surface area contributed by atoms with Gasteiger partial charge in [0, 0.05) is 19.3 Å². The Bertz CT molecular complexity index is 604. The van der Waals surface area contributed by atoms with Gasteiger partial charge in [0.25, 0.3) is 5.91 Å². The summed E-state index contributed by atoms with van der Waals surface area (Å²) in [5, 5.41) is 0. The molecule has 112 valence electrons. The van der Waals surface area contributed by atoms with Gasteiger partial charge in [-0.25, -0.2) is 4.98 Å². The molecule has 1 heterocycles. The van der Waals surface area contributed by atoms with Gasteiger partial charge >= 0.3 is 0 Å². The first-order valence-electron chi connectivity index (χ1n) is 6.98. The fraction of sp³-hybridized carbons (Fsp3) is 0.375. The van der Waals surface area contributed by atoms with Crippen LogP contribution in [-0.4, -0.2) is 40.5 Å². The fourth-order valence-corrected chi connectivity index (χ4v) is 2.22. The molecule has 2 aromatic rings. The number of nitrogens with two attached hydrogens (primary N) is 1. The van der Waals surface area contributed by atoms with E-state index in [2.05, 4.69) is 4.98 Å². The number of nitrogens with zero attached hydrogens (tertiary/aromatic N) is 3. The van der Waals surface area contributed by atoms with Crippen molar-refractivity contribution in [3.05, 3.63) is 48.5 Å². The number of rotatable bonds is 5. The van der Waals surface area contributed by atoms with Crippen LogP contribution in [0.4, 0.5) is 0 Å². The third-order valence-corrected chi connectivity index (χ3v) is 3.46. The standard InChI is InChI=1S/C16H22N4O/c1-16(2,10-17)11-19(3)15(21)14-9-18-12-20(14)13-7-5-4-6-8-13/h4-9,12H,10-11,17H2,1-3H3. The van der Waals surface area contributed by atoms with Gasteiger partial charge in [-0.3, -0.25) is 9.36 Å². The number of amides is 1. The van der Waals surface area contributed by atoms with Crippen molar-refractivity contribution in [1.82, 2.24) is 14.5 Å². The van der Waals surface area contributed by atoms with Gasteiger partial charge in [0.2, 0.25) is 0 Å². The largest absolute Gasteiger partial charge is 0.340 e. The van der Waals surface area contributed by atoms with Gasteiger partial charge in [0.15, 0.2) is 0 Å². The second-order valence-corrected chi connectivity index (χ2v) is 6.01. The topological polar surface area (TPSA) is 64.2 Å². The minimum atomic E-state index is -0.109. The maximum atomic E-state index is 12.6. The maximum Gasteiger partial charge on any atom is 0.272 e. The first-order chi connectivity index (χ1) is 9.94. The normalized spacial score (nSPS) is 11.4. The number of carbonyl (C=O) groups excluding carboxylic acids is 1. The van der Waals surface area contributed by atoms with Crippen molar-refractivity contribution in [2.45, 2.75) is 13.8 Å². The molecule has 1 aromatic carbocycles. The number of benzene rings is 1. The van der Waals surface area contributed by atoms with E-state index in [1.165, 1.54) is 0 Å². The van der Waals surface area contributed by atoms with E-state index in [0.717, 1.165) is 5.69 Å². The van der Waals surface area contributed by atoms with Crippen molar-refractivity contribution in [1.29, 1.82) is 0 Å². The molecule has 2 rings (SSSR count). The summed E-state index contributed by atoms with van der Waals surface area (Å²) < 4.78 is 1.80. The third kappa shape index (κ3) is 3.49. The molecule has 0 aliphatic heterocycles. The molecular formula is C16H22N4O. The first kappa shape index (κ1) is 15.3. The van der Waals surface area contributed by atoms with Crippen LogP contribution in [0.1, 0.15) is 24.3 Å². The summed E-state index contributed by atoms with van der Waals surface area (Å²) in [4.78, 5) is 18.4. The molecule has 0 saturated carbocycles. The predicted octanol–water partition coefficient (Wildman–Crippen LogP) is 1.93. The second kappa shape index (κ2) is 6.10. The molecule has 0 radical (unpaired) electrons. The molecule has 0 bridgehead atoms. The molecular weight excluding hydrogens is 264 g/mol. The van der Waals surface area contributed by atoms with Crippen LogP contribution in [-0.2, 0) is 0 Å². The molecule has 5 nitrogen and oxygen atoms in total. The van der Waals surface area contributed by atoms with E-state index >= 15 is 0 Å². The number of hydrogen-bond donors (Lipinski definition) is 1. The van der Waals surface area contributed by atoms with Gasteiger partial charge < -0.3 is 10.6 Å². The Labute approximate surface area is 125 Å². The fourth-order valence-electron chi connectivity index (χ4n) is 2.22. The van der Waals surface area contributed by atoms with E-state index in [-0.39, 0.29) is 11.3 Å². The number of aromatic nitrogens is 2. The number of carbonyl (C=O) groups is 1. The summed E-state index contributed by atoms with van der Waals surface area (Å²) in [6.07, 6.45) is 3.26. The van der Waals surface area contributed by atoms with Crippen LogP contribution in [0.2, 0.25) is 0 Å². The van der Waals surface area contributed by atoms with Gasteiger partial charge in [-0.2, -0.15) is 0 Å². The Kier molecular flexibility index (Phi) is 4.43. The minimum Gasteiger partial charge on any atom is -0.340 e. The molecule has 2 N–H and O–H groups in total. The van der Waals surface area contributed by atoms with Gasteiger partial charge in [0.05, 0.1) is 12.5 Å². The van der Waals surface area contributed by atoms with Crippen molar-refractivity contribution in [3.8, 4) is 5.69 Å². The first-order valence-corrected chi connectivity index (χ1v) is 6.98. The van der Waals surface area contributed by atoms with E-state index in [1.807, 2.05) is 44.2 Å². The summed E-state index contributed by atoms with van der Waals surface area (Å²) in [7, 11) is 1.79. The maximum absolute atomic E-state index is 12.6. The predicted molar refractivity (Wildman–Crippen MR) is 83.4 cm³/mol. The summed E-state index contributed by atoms with van der Waals surface area (Å²) in [5.41, 5.74) is 7.10. The van der Waals surface area contributed by atoms with Crippen LogP contribution in [0.25, 0.3) is 5.69 Å². The molecule has 0 aliphatic carbocycles. The SMILES string of the molecule is CN(CC(C)(C)CN)C(=O)c1cncn1-c1ccccc1. The Morgan fingerprint density at radius 3 is 2.62 bits per heavy atom. The van der Waals surface area contributed by atoms with Crippen LogP contribution < -0.4 is 5.73 Å². The van der Waals surface area contributed by atoms with Crippen molar-refractivity contribution in [2.75, 3.05) is 20.1 Å². The van der Waals surface area contributed by atoms with Gasteiger partial charge in [0.1, 0.15) is 5.69 Å². The van der Waals surface area contributed by atoms with E-state index in [1.54, 1.807) is 29.0 Å². The number of imidazole rings is 1. The average Bonchev–Trinajstić information content (AvgIpc) is 2.96. The van der Waals surface area contributed by atoms with Crippen molar-refractivity contribution < 1.29 is 4.79 Å². The molecule has 1 aromatic heterocycles. The zero-order valence-electron chi connectivity index (χ0n) is 12.8. The molecule has 0 saturated heterocycles. The molecule has 0 unspecified atom stereocenters. The monoisotopic (exact) mass is 286 g/mol. The highest BCUT2D eigenvalue weighted by Gasteiger charge is 2.24. The van der Waals surface area contributed by atoms with Crippen molar-refractivity contribution >= 4 is 5.91 Å². The molecule has 0 atom stereocenters. The van der Waals surface area contributed by atoms with E-state index in [4.69, 9.17) is 5.73 Å². The lowest BCUT2D eigenvalue weighted by Crippen LogP contribution is -2.40. The van der Waals surface area contributed by atoms with Gasteiger partial charge in [-0.1, -0.05) is 32.0 Å². The van der Waals surface area contributed by atoms with Gasteiger partial charge in [-0.15, -0.1) is 0 Å². The Morgan fingerprint density at radius 1 is 1.33 bits per heavy atom. The van der Waals surface area contributed by atoms with Crippen molar-refractivity contribution in [3.63, 3.8) is 0 Å². The molecule has 0 fully saturated rings. The zero-order valence-corrected chi connectivity index (χ0v) is 12.8. The Morgan fingerprint density at radius 2 is 2.00 bits per heavy atom. The lowest BCUT2D eigenvalue weighted by Gasteiger charge is -2.29. The van der Waals surface area contributed by atoms with Crippen LogP contribution in [0, 0.1) is 5.41 Å². The average molecular weight is 286 g/mol. The van der Waals surface area contributed by atoms with Crippen LogP contribution >= 0.6 is 0 Å². The van der Waals surface area contributed by atoms with Crippen LogP contribution in [0.5, 0.6) is 0 Å². The minimum absolute atomic E-state index is 0.0575. The Hall–Kier alpha value is -2.14. The zero-order chi connectivity index (χ0) is 15.5. The molecule has 21 heavy (non-hydrogen) atoms. The van der Waals surface area contributed by atoms with Crippen molar-refractivity contribution in [2.24, 2.45) is 11.1 Å². The smallest absolute Gasteiger partial charge is 0.272 e. The lowest BCUT2D eigenvalue weighted by molar-refractivity contribution is 0.0732. The molecule has 0 aliphatic rings. The third-order valence-electron chi connectivity index (χ3n) is 3.46. The summed E-state index contributed by atoms with van der Waals surface area (Å²) in [6.45, 7) is 5.22. The molecule has 1 amide bonds. The summed E-state index contributed by atoms with van der Waals surface area (Å²) in [6, 6.07) is 9.71. The highest BCUT2D eigenvalue weighted by molar-refractivity contribution is 5.92. The van der Waals surface area contributed by atoms with Crippen LogP contribution in [0.3, 0.4) is 0 Å². The lowest BCUT2D eigenvalue weighted by atomic mass is 9.93. The Balaban J connectivity index is 2.23. The van der Waals surface area contributed by atoms with E-state index in [9.17, 15) is 4.79 Å². The highest BCUT2D eigenvalue weighted by atomic mass is 16.2.